The van der Waals surface area contributed by atoms with Gasteiger partial charge in [0.25, 0.3) is 0 Å². The second kappa shape index (κ2) is 6.52. The van der Waals surface area contributed by atoms with Gasteiger partial charge in [-0.05, 0) is 5.56 Å². The smallest absolute Gasteiger partial charge is 0.407 e. The highest BCUT2D eigenvalue weighted by Gasteiger charge is 2.20. The molecular formula is C12H16N2O3. The molecule has 2 amide bonds. The number of alkyl carbamates (subject to hydrolysis) is 1. The number of carbonyl (C=O) groups excluding carboxylic acids is 2. The lowest BCUT2D eigenvalue weighted by Gasteiger charge is -2.16. The maximum atomic E-state index is 11.6. The number of rotatable bonds is 4. The van der Waals surface area contributed by atoms with E-state index >= 15 is 0 Å². The van der Waals surface area contributed by atoms with E-state index in [0.717, 1.165) is 5.56 Å². The van der Waals surface area contributed by atoms with E-state index in [-0.39, 0.29) is 5.91 Å². The fourth-order valence-corrected chi connectivity index (χ4v) is 1.43. The van der Waals surface area contributed by atoms with E-state index in [1.807, 2.05) is 30.3 Å². The van der Waals surface area contributed by atoms with Gasteiger partial charge in [-0.1, -0.05) is 30.3 Å². The van der Waals surface area contributed by atoms with Gasteiger partial charge in [-0.2, -0.15) is 0 Å². The molecule has 92 valence electrons. The molecule has 1 aromatic rings. The highest BCUT2D eigenvalue weighted by Crippen LogP contribution is 2.03. The third kappa shape index (κ3) is 4.14. The molecule has 0 spiro atoms. The van der Waals surface area contributed by atoms with Gasteiger partial charge < -0.3 is 15.4 Å². The molecule has 5 heteroatoms. The van der Waals surface area contributed by atoms with Gasteiger partial charge in [0.1, 0.15) is 6.04 Å². The van der Waals surface area contributed by atoms with Gasteiger partial charge in [-0.3, -0.25) is 4.79 Å². The monoisotopic (exact) mass is 236 g/mol. The Kier molecular flexibility index (Phi) is 5.00. The summed E-state index contributed by atoms with van der Waals surface area (Å²) < 4.78 is 4.48. The van der Waals surface area contributed by atoms with Crippen LogP contribution >= 0.6 is 0 Å². The highest BCUT2D eigenvalue weighted by molar-refractivity contribution is 5.85. The lowest BCUT2D eigenvalue weighted by Crippen LogP contribution is -2.47. The Bertz CT molecular complexity index is 379. The Morgan fingerprint density at radius 1 is 1.29 bits per heavy atom. The van der Waals surface area contributed by atoms with E-state index in [9.17, 15) is 9.59 Å². The third-order valence-electron chi connectivity index (χ3n) is 2.32. The number of hydrogen-bond donors (Lipinski definition) is 2. The van der Waals surface area contributed by atoms with Gasteiger partial charge in [0.15, 0.2) is 0 Å². The summed E-state index contributed by atoms with van der Waals surface area (Å²) in [6, 6.07) is 8.83. The fourth-order valence-electron chi connectivity index (χ4n) is 1.43. The van der Waals surface area contributed by atoms with Gasteiger partial charge in [0.2, 0.25) is 5.91 Å². The van der Waals surface area contributed by atoms with Crippen molar-refractivity contribution in [1.82, 2.24) is 10.6 Å². The van der Waals surface area contributed by atoms with E-state index in [4.69, 9.17) is 0 Å². The zero-order chi connectivity index (χ0) is 12.7. The van der Waals surface area contributed by atoms with Crippen molar-refractivity contribution in [2.45, 2.75) is 12.5 Å². The molecule has 17 heavy (non-hydrogen) atoms. The molecule has 0 heterocycles. The minimum absolute atomic E-state index is 0.251. The van der Waals surface area contributed by atoms with Gasteiger partial charge in [-0.15, -0.1) is 0 Å². The van der Waals surface area contributed by atoms with Crippen LogP contribution in [-0.2, 0) is 16.0 Å². The molecule has 0 saturated heterocycles. The Hall–Kier alpha value is -2.04. The molecule has 5 nitrogen and oxygen atoms in total. The number of ether oxygens (including phenoxy) is 1. The molecule has 0 radical (unpaired) electrons. The van der Waals surface area contributed by atoms with Crippen LogP contribution in [-0.4, -0.2) is 32.2 Å². The maximum Gasteiger partial charge on any atom is 0.407 e. The molecule has 0 saturated carbocycles. The number of methoxy groups -OCH3 is 1. The van der Waals surface area contributed by atoms with Crippen molar-refractivity contribution in [2.75, 3.05) is 14.2 Å². The molecule has 0 bridgehead atoms. The molecule has 1 aromatic carbocycles. The van der Waals surface area contributed by atoms with Crippen LogP contribution in [0, 0.1) is 0 Å². The van der Waals surface area contributed by atoms with Crippen molar-refractivity contribution in [3.05, 3.63) is 35.9 Å². The van der Waals surface area contributed by atoms with Gasteiger partial charge >= 0.3 is 6.09 Å². The van der Waals surface area contributed by atoms with E-state index in [1.165, 1.54) is 14.2 Å². The summed E-state index contributed by atoms with van der Waals surface area (Å²) in [5.41, 5.74) is 0.970. The summed E-state index contributed by atoms with van der Waals surface area (Å²) in [6.45, 7) is 0. The number of benzene rings is 1. The lowest BCUT2D eigenvalue weighted by molar-refractivity contribution is -0.122. The molecule has 2 N–H and O–H groups in total. The first-order valence-electron chi connectivity index (χ1n) is 5.27. The highest BCUT2D eigenvalue weighted by atomic mass is 16.5. The number of hydrogen-bond acceptors (Lipinski definition) is 3. The van der Waals surface area contributed by atoms with Crippen LogP contribution < -0.4 is 10.6 Å². The normalized spacial score (nSPS) is 11.4. The fraction of sp³-hybridized carbons (Fsp3) is 0.333. The average Bonchev–Trinajstić information content (AvgIpc) is 2.38. The van der Waals surface area contributed by atoms with Crippen molar-refractivity contribution < 1.29 is 14.3 Å². The molecule has 0 aliphatic carbocycles. The molecular weight excluding hydrogens is 220 g/mol. The quantitative estimate of drug-likeness (QED) is 0.808. The van der Waals surface area contributed by atoms with Crippen LogP contribution in [0.1, 0.15) is 5.56 Å². The first kappa shape index (κ1) is 13.0. The van der Waals surface area contributed by atoms with Gasteiger partial charge in [-0.25, -0.2) is 4.79 Å². The Morgan fingerprint density at radius 2 is 1.94 bits per heavy atom. The molecule has 1 rings (SSSR count). The number of nitrogens with one attached hydrogen (secondary N) is 2. The van der Waals surface area contributed by atoms with Gasteiger partial charge in [0.05, 0.1) is 7.11 Å². The van der Waals surface area contributed by atoms with Crippen LogP contribution in [0.25, 0.3) is 0 Å². The zero-order valence-electron chi connectivity index (χ0n) is 9.90. The van der Waals surface area contributed by atoms with Crippen molar-refractivity contribution >= 4 is 12.0 Å². The standard InChI is InChI=1S/C12H16N2O3/c1-13-11(15)10(14-12(16)17-2)8-9-6-4-3-5-7-9/h3-7,10H,8H2,1-2H3,(H,13,15)(H,14,16). The molecule has 0 aliphatic heterocycles. The number of likely N-dealkylation sites (N-methyl/N-ethyl adjacent to an activating group) is 1. The van der Waals surface area contributed by atoms with E-state index in [0.29, 0.717) is 6.42 Å². The second-order valence-corrected chi connectivity index (χ2v) is 3.49. The topological polar surface area (TPSA) is 67.4 Å². The van der Waals surface area contributed by atoms with Crippen LogP contribution in [0.4, 0.5) is 4.79 Å². The Balaban J connectivity index is 2.70. The van der Waals surface area contributed by atoms with Crippen LogP contribution in [0.5, 0.6) is 0 Å². The predicted molar refractivity (Wildman–Crippen MR) is 63.5 cm³/mol. The summed E-state index contributed by atoms with van der Waals surface area (Å²) in [7, 11) is 2.79. The first-order valence-corrected chi connectivity index (χ1v) is 5.27. The second-order valence-electron chi connectivity index (χ2n) is 3.49. The SMILES string of the molecule is CNC(=O)C(Cc1ccccc1)NC(=O)OC. The first-order chi connectivity index (χ1) is 8.17. The summed E-state index contributed by atoms with van der Waals surface area (Å²) in [5.74, 6) is -0.251. The van der Waals surface area contributed by atoms with Crippen LogP contribution in [0.2, 0.25) is 0 Å². The Morgan fingerprint density at radius 3 is 2.47 bits per heavy atom. The molecule has 1 atom stereocenters. The molecule has 0 aliphatic rings. The van der Waals surface area contributed by atoms with E-state index in [2.05, 4.69) is 15.4 Å². The van der Waals surface area contributed by atoms with E-state index < -0.39 is 12.1 Å². The Labute approximate surface area is 100 Å². The van der Waals surface area contributed by atoms with Gasteiger partial charge in [0, 0.05) is 13.5 Å². The van der Waals surface area contributed by atoms with E-state index in [1.54, 1.807) is 0 Å². The van der Waals surface area contributed by atoms with Crippen molar-refractivity contribution in [2.24, 2.45) is 0 Å². The maximum absolute atomic E-state index is 11.6. The summed E-state index contributed by atoms with van der Waals surface area (Å²) in [6.07, 6.45) is -0.190. The minimum Gasteiger partial charge on any atom is -0.453 e. The summed E-state index contributed by atoms with van der Waals surface area (Å²) in [4.78, 5) is 22.7. The zero-order valence-corrected chi connectivity index (χ0v) is 9.90. The van der Waals surface area contributed by atoms with Crippen molar-refractivity contribution in [1.29, 1.82) is 0 Å². The molecule has 0 aromatic heterocycles. The predicted octanol–water partition coefficient (Wildman–Crippen LogP) is 0.700. The van der Waals surface area contributed by atoms with Crippen LogP contribution in [0.15, 0.2) is 30.3 Å². The largest absolute Gasteiger partial charge is 0.453 e. The molecule has 1 unspecified atom stereocenters. The molecule has 0 fully saturated rings. The lowest BCUT2D eigenvalue weighted by atomic mass is 10.1. The van der Waals surface area contributed by atoms with Crippen molar-refractivity contribution in [3.8, 4) is 0 Å². The number of carbonyl (C=O) groups is 2. The summed E-state index contributed by atoms with van der Waals surface area (Å²) in [5, 5.41) is 5.00. The minimum atomic E-state index is -0.630. The van der Waals surface area contributed by atoms with Crippen molar-refractivity contribution in [3.63, 3.8) is 0 Å². The number of amides is 2. The average molecular weight is 236 g/mol. The van der Waals surface area contributed by atoms with Crippen LogP contribution in [0.3, 0.4) is 0 Å². The third-order valence-corrected chi connectivity index (χ3v) is 2.32. The summed E-state index contributed by atoms with van der Waals surface area (Å²) >= 11 is 0.